The van der Waals surface area contributed by atoms with Gasteiger partial charge in [0.15, 0.2) is 6.17 Å². The van der Waals surface area contributed by atoms with E-state index in [1.54, 1.807) is 19.2 Å². The van der Waals surface area contributed by atoms with Gasteiger partial charge in [-0.3, -0.25) is 13.9 Å². The van der Waals surface area contributed by atoms with Crippen molar-refractivity contribution in [2.45, 2.75) is 25.7 Å². The number of ether oxygens (including phenoxy) is 1. The summed E-state index contributed by atoms with van der Waals surface area (Å²) in [4.78, 5) is 28.0. The highest BCUT2D eigenvalue weighted by Gasteiger charge is 2.33. The lowest BCUT2D eigenvalue weighted by Crippen LogP contribution is -2.41. The summed E-state index contributed by atoms with van der Waals surface area (Å²) >= 11 is 6.03. The Hall–Kier alpha value is -3.67. The van der Waals surface area contributed by atoms with Gasteiger partial charge in [0.1, 0.15) is 23.9 Å². The van der Waals surface area contributed by atoms with E-state index in [-0.39, 0.29) is 19.8 Å². The number of rotatable bonds is 7. The standard InChI is InChI=1S/C25H25ClN4O4/c1-28-23-22(24(32)29(25(28)33)14-6-15-31)27-21(9-5-16-34-20-7-3-2-4-8-20)30(23)17-18-10-12-19(26)13-11-18/h2-4,7-8,10-13,21,27,31H,6,14-17H2,1H3. The molecule has 0 aliphatic carbocycles. The van der Waals surface area contributed by atoms with Crippen molar-refractivity contribution >= 4 is 23.1 Å². The van der Waals surface area contributed by atoms with E-state index in [2.05, 4.69) is 17.2 Å². The highest BCUT2D eigenvalue weighted by molar-refractivity contribution is 6.30. The third kappa shape index (κ3) is 4.96. The summed E-state index contributed by atoms with van der Waals surface area (Å²) in [6.07, 6.45) is -0.236. The lowest BCUT2D eigenvalue weighted by Gasteiger charge is -2.24. The average Bonchev–Trinajstić information content (AvgIpc) is 3.21. The monoisotopic (exact) mass is 480 g/mol. The summed E-state index contributed by atoms with van der Waals surface area (Å²) < 4.78 is 8.24. The Bertz CT molecular complexity index is 1320. The van der Waals surface area contributed by atoms with E-state index >= 15 is 0 Å². The first-order chi connectivity index (χ1) is 16.5. The number of para-hydroxylation sites is 1. The number of aliphatic hydroxyl groups is 1. The van der Waals surface area contributed by atoms with Crippen LogP contribution in [0.4, 0.5) is 11.5 Å². The van der Waals surface area contributed by atoms with Crippen LogP contribution in [0, 0.1) is 11.8 Å². The molecule has 2 heterocycles. The van der Waals surface area contributed by atoms with Crippen LogP contribution < -0.4 is 26.2 Å². The first kappa shape index (κ1) is 23.5. The van der Waals surface area contributed by atoms with E-state index in [9.17, 15) is 9.59 Å². The van der Waals surface area contributed by atoms with Gasteiger partial charge in [0.25, 0.3) is 5.56 Å². The Labute approximate surface area is 202 Å². The van der Waals surface area contributed by atoms with Gasteiger partial charge in [-0.1, -0.05) is 53.8 Å². The summed E-state index contributed by atoms with van der Waals surface area (Å²) in [6, 6.07) is 16.7. The minimum Gasteiger partial charge on any atom is -0.481 e. The van der Waals surface area contributed by atoms with Crippen LogP contribution >= 0.6 is 11.6 Å². The highest BCUT2D eigenvalue weighted by atomic mass is 35.5. The number of benzene rings is 2. The van der Waals surface area contributed by atoms with E-state index in [0.717, 1.165) is 10.1 Å². The molecule has 8 nitrogen and oxygen atoms in total. The first-order valence-electron chi connectivity index (χ1n) is 10.9. The van der Waals surface area contributed by atoms with E-state index < -0.39 is 17.4 Å². The van der Waals surface area contributed by atoms with Crippen molar-refractivity contribution in [3.63, 3.8) is 0 Å². The van der Waals surface area contributed by atoms with Gasteiger partial charge in [-0.25, -0.2) is 4.79 Å². The zero-order chi connectivity index (χ0) is 24.1. The molecule has 0 amide bonds. The van der Waals surface area contributed by atoms with E-state index in [4.69, 9.17) is 21.4 Å². The summed E-state index contributed by atoms with van der Waals surface area (Å²) in [7, 11) is 1.63. The smallest absolute Gasteiger partial charge is 0.332 e. The summed E-state index contributed by atoms with van der Waals surface area (Å²) in [5, 5.41) is 13.0. The minimum atomic E-state index is -0.544. The molecule has 0 bridgehead atoms. The second-order valence-corrected chi connectivity index (χ2v) is 8.23. The Morgan fingerprint density at radius 2 is 1.85 bits per heavy atom. The maximum absolute atomic E-state index is 13.1. The van der Waals surface area contributed by atoms with E-state index in [1.165, 1.54) is 4.57 Å². The molecule has 0 radical (unpaired) electrons. The topological polar surface area (TPSA) is 88.7 Å². The van der Waals surface area contributed by atoms with Crippen LogP contribution in [0.15, 0.2) is 64.2 Å². The Morgan fingerprint density at radius 3 is 2.56 bits per heavy atom. The molecule has 0 spiro atoms. The van der Waals surface area contributed by atoms with Crippen molar-refractivity contribution in [2.75, 3.05) is 23.4 Å². The van der Waals surface area contributed by atoms with Crippen LogP contribution in [-0.2, 0) is 20.1 Å². The molecule has 3 aromatic rings. The molecule has 176 valence electrons. The van der Waals surface area contributed by atoms with Crippen molar-refractivity contribution in [1.29, 1.82) is 0 Å². The summed E-state index contributed by atoms with van der Waals surface area (Å²) in [5.74, 6) is 7.32. The summed E-state index contributed by atoms with van der Waals surface area (Å²) in [5.41, 5.74) is 0.374. The zero-order valence-corrected chi connectivity index (χ0v) is 19.5. The number of halogens is 1. The normalized spacial score (nSPS) is 14.2. The van der Waals surface area contributed by atoms with Crippen LogP contribution in [0.2, 0.25) is 5.02 Å². The molecule has 0 saturated carbocycles. The third-order valence-corrected chi connectivity index (χ3v) is 5.73. The number of nitrogens with one attached hydrogen (secondary N) is 1. The number of aromatic nitrogens is 2. The summed E-state index contributed by atoms with van der Waals surface area (Å²) in [6.45, 7) is 0.601. The van der Waals surface area contributed by atoms with Crippen LogP contribution in [0.5, 0.6) is 5.75 Å². The number of hydrogen-bond acceptors (Lipinski definition) is 6. The Balaban J connectivity index is 1.67. The quantitative estimate of drug-likeness (QED) is 0.505. The van der Waals surface area contributed by atoms with Crippen LogP contribution in [0.1, 0.15) is 12.0 Å². The Morgan fingerprint density at radius 1 is 1.12 bits per heavy atom. The zero-order valence-electron chi connectivity index (χ0n) is 18.7. The minimum absolute atomic E-state index is 0.113. The SMILES string of the molecule is Cn1c2c(c(=O)n(CCCO)c1=O)NC(C#CCOc1ccccc1)N2Cc1ccc(Cl)cc1. The molecular weight excluding hydrogens is 456 g/mol. The molecule has 2 N–H and O–H groups in total. The van der Waals surface area contributed by atoms with E-state index in [1.807, 2.05) is 47.4 Å². The molecule has 9 heteroatoms. The fourth-order valence-electron chi connectivity index (χ4n) is 3.82. The fraction of sp³-hybridized carbons (Fsp3) is 0.280. The van der Waals surface area contributed by atoms with Crippen LogP contribution in [0.25, 0.3) is 0 Å². The second kappa shape index (κ2) is 10.5. The molecule has 1 aliphatic heterocycles. The van der Waals surface area contributed by atoms with Crippen LogP contribution in [-0.4, -0.2) is 33.6 Å². The molecule has 2 aromatic carbocycles. The third-order valence-electron chi connectivity index (χ3n) is 5.48. The maximum Gasteiger partial charge on any atom is 0.332 e. The van der Waals surface area contributed by atoms with Gasteiger partial charge in [0.05, 0.1) is 0 Å². The number of aliphatic hydroxyl groups excluding tert-OH is 1. The van der Waals surface area contributed by atoms with E-state index in [0.29, 0.717) is 35.2 Å². The largest absolute Gasteiger partial charge is 0.481 e. The van der Waals surface area contributed by atoms with Gasteiger partial charge >= 0.3 is 5.69 Å². The molecule has 1 aromatic heterocycles. The lowest BCUT2D eigenvalue weighted by molar-refractivity contribution is 0.277. The molecule has 34 heavy (non-hydrogen) atoms. The van der Waals surface area contributed by atoms with Crippen molar-refractivity contribution in [3.05, 3.63) is 86.0 Å². The molecule has 1 atom stereocenters. The van der Waals surface area contributed by atoms with Gasteiger partial charge in [-0.05, 0) is 36.2 Å². The Kier molecular flexibility index (Phi) is 7.26. The number of nitrogens with zero attached hydrogens (tertiary/aromatic N) is 3. The van der Waals surface area contributed by atoms with Gasteiger partial charge in [0, 0.05) is 31.8 Å². The van der Waals surface area contributed by atoms with Crippen LogP contribution in [0.3, 0.4) is 0 Å². The average molecular weight is 481 g/mol. The molecule has 0 saturated heterocycles. The molecule has 4 rings (SSSR count). The number of fused-ring (bicyclic) bond motifs is 1. The fourth-order valence-corrected chi connectivity index (χ4v) is 3.95. The highest BCUT2D eigenvalue weighted by Crippen LogP contribution is 2.31. The predicted octanol–water partition coefficient (Wildman–Crippen LogP) is 2.42. The number of anilines is 2. The van der Waals surface area contributed by atoms with Gasteiger partial charge in [-0.15, -0.1) is 0 Å². The lowest BCUT2D eigenvalue weighted by atomic mass is 10.2. The maximum atomic E-state index is 13.1. The molecular formula is C25H25ClN4O4. The van der Waals surface area contributed by atoms with Gasteiger partial charge in [-0.2, -0.15) is 0 Å². The number of hydrogen-bond donors (Lipinski definition) is 2. The molecule has 1 unspecified atom stereocenters. The second-order valence-electron chi connectivity index (χ2n) is 7.80. The van der Waals surface area contributed by atoms with Crippen molar-refractivity contribution in [3.8, 4) is 17.6 Å². The molecule has 1 aliphatic rings. The first-order valence-corrected chi connectivity index (χ1v) is 11.3. The van der Waals surface area contributed by atoms with Crippen molar-refractivity contribution in [1.82, 2.24) is 9.13 Å². The van der Waals surface area contributed by atoms with Crippen molar-refractivity contribution in [2.24, 2.45) is 7.05 Å². The van der Waals surface area contributed by atoms with Crippen molar-refractivity contribution < 1.29 is 9.84 Å². The van der Waals surface area contributed by atoms with Gasteiger partial charge in [0.2, 0.25) is 0 Å². The van der Waals surface area contributed by atoms with Gasteiger partial charge < -0.3 is 20.1 Å². The molecule has 0 fully saturated rings. The predicted molar refractivity (Wildman–Crippen MR) is 132 cm³/mol.